The third kappa shape index (κ3) is 23.8. The van der Waals surface area contributed by atoms with Crippen LogP contribution >= 0.6 is 7.82 Å². The topological polar surface area (TPSA) is 88.5 Å². The molecule has 0 heterocycles. The number of phosphoric ester groups is 1. The number of nitrogens with zero attached hydrogens (tertiary/aromatic N) is 1. The van der Waals surface area contributed by atoms with Gasteiger partial charge >= 0.3 is 7.82 Å². The molecule has 0 aliphatic carbocycles. The Bertz CT molecular complexity index is 519. The van der Waals surface area contributed by atoms with Gasteiger partial charge in [0, 0.05) is 13.1 Å². The largest absolute Gasteiger partial charge is 0.491 e. The molecule has 0 rings (SSSR count). The van der Waals surface area contributed by atoms with Crippen LogP contribution < -0.4 is 0 Å². The zero-order valence-corrected chi connectivity index (χ0v) is 26.3. The van der Waals surface area contributed by atoms with E-state index in [4.69, 9.17) is 13.7 Å². The van der Waals surface area contributed by atoms with E-state index in [1.165, 1.54) is 82.1 Å². The van der Waals surface area contributed by atoms with Crippen LogP contribution in [0, 0.1) is 5.92 Å². The summed E-state index contributed by atoms with van der Waals surface area (Å²) < 4.78 is 30.9. The molecule has 38 heavy (non-hydrogen) atoms. The van der Waals surface area contributed by atoms with Crippen LogP contribution in [0.1, 0.15) is 149 Å². The average Bonchev–Trinajstić information content (AvgIpc) is 2.90. The van der Waals surface area contributed by atoms with Gasteiger partial charge in [-0.3, -0.25) is 9.05 Å². The summed E-state index contributed by atoms with van der Waals surface area (Å²) in [6.45, 7) is 7.25. The van der Waals surface area contributed by atoms with Crippen LogP contribution in [-0.4, -0.2) is 54.8 Å². The molecule has 0 aliphatic heterocycles. The van der Waals surface area contributed by atoms with Crippen molar-refractivity contribution in [2.24, 2.45) is 5.92 Å². The van der Waals surface area contributed by atoms with Crippen molar-refractivity contribution in [3.05, 3.63) is 0 Å². The Morgan fingerprint density at radius 2 is 1.05 bits per heavy atom. The maximum absolute atomic E-state index is 13.6. The molecule has 2 atom stereocenters. The Balaban J connectivity index is 4.69. The number of hydroxylamine groups is 2. The van der Waals surface area contributed by atoms with Gasteiger partial charge in [0.25, 0.3) is 0 Å². The lowest BCUT2D eigenvalue weighted by atomic mass is 9.96. The van der Waals surface area contributed by atoms with E-state index >= 15 is 0 Å². The Kier molecular flexibility index (Phi) is 28.5. The van der Waals surface area contributed by atoms with Gasteiger partial charge in [0.1, 0.15) is 0 Å². The van der Waals surface area contributed by atoms with Crippen molar-refractivity contribution in [1.82, 2.24) is 5.06 Å². The Morgan fingerprint density at radius 3 is 1.55 bits per heavy atom. The molecule has 0 spiro atoms. The summed E-state index contributed by atoms with van der Waals surface area (Å²) in [4.78, 5) is 0. The summed E-state index contributed by atoms with van der Waals surface area (Å²) in [6, 6.07) is 0. The van der Waals surface area contributed by atoms with Crippen LogP contribution in [0.2, 0.25) is 0 Å². The SMILES string of the molecule is CCCCCCCCCCCCOP(=O)(OCC(CCCC)CCCCCCCC)ON(CCO)CCO. The predicted molar refractivity (Wildman–Crippen MR) is 159 cm³/mol. The highest BCUT2D eigenvalue weighted by Crippen LogP contribution is 2.51. The van der Waals surface area contributed by atoms with Crippen molar-refractivity contribution in [3.63, 3.8) is 0 Å². The molecule has 0 bridgehead atoms. The smallest absolute Gasteiger partial charge is 0.395 e. The number of hydrogen-bond acceptors (Lipinski definition) is 7. The maximum Gasteiger partial charge on any atom is 0.491 e. The van der Waals surface area contributed by atoms with Crippen LogP contribution in [0.15, 0.2) is 0 Å². The average molecular weight is 566 g/mol. The normalized spacial score (nSPS) is 14.3. The van der Waals surface area contributed by atoms with Crippen molar-refractivity contribution in [2.45, 2.75) is 149 Å². The van der Waals surface area contributed by atoms with Gasteiger partial charge in [-0.05, 0) is 25.2 Å². The number of rotatable bonds is 31. The molecule has 2 unspecified atom stereocenters. The van der Waals surface area contributed by atoms with Gasteiger partial charge < -0.3 is 10.2 Å². The van der Waals surface area contributed by atoms with Crippen LogP contribution in [0.5, 0.6) is 0 Å². The van der Waals surface area contributed by atoms with E-state index in [1.54, 1.807) is 0 Å². The molecular weight excluding hydrogens is 501 g/mol. The van der Waals surface area contributed by atoms with Gasteiger partial charge in [0.2, 0.25) is 0 Å². The van der Waals surface area contributed by atoms with Crippen molar-refractivity contribution in [2.75, 3.05) is 39.5 Å². The second-order valence-corrected chi connectivity index (χ2v) is 12.4. The third-order valence-corrected chi connectivity index (χ3v) is 8.46. The first-order chi connectivity index (χ1) is 18.5. The minimum absolute atomic E-state index is 0.131. The first-order valence-electron chi connectivity index (χ1n) is 16.1. The van der Waals surface area contributed by atoms with Gasteiger partial charge in [0.15, 0.2) is 0 Å². The number of aliphatic hydroxyl groups is 2. The lowest BCUT2D eigenvalue weighted by molar-refractivity contribution is -0.106. The lowest BCUT2D eigenvalue weighted by Crippen LogP contribution is -2.30. The molecule has 2 N–H and O–H groups in total. The Hall–Kier alpha value is -0.0100. The number of unbranched alkanes of at least 4 members (excludes halogenated alkanes) is 15. The molecule has 8 heteroatoms. The molecule has 0 fully saturated rings. The van der Waals surface area contributed by atoms with Crippen LogP contribution in [0.4, 0.5) is 0 Å². The van der Waals surface area contributed by atoms with Gasteiger partial charge in [-0.15, -0.1) is 0 Å². The van der Waals surface area contributed by atoms with E-state index in [9.17, 15) is 14.8 Å². The van der Waals surface area contributed by atoms with Gasteiger partial charge in [-0.2, -0.15) is 9.69 Å². The van der Waals surface area contributed by atoms with Crippen molar-refractivity contribution >= 4 is 7.82 Å². The fraction of sp³-hybridized carbons (Fsp3) is 1.00. The maximum atomic E-state index is 13.6. The molecule has 0 aromatic carbocycles. The zero-order valence-electron chi connectivity index (χ0n) is 25.4. The summed E-state index contributed by atoms with van der Waals surface area (Å²) in [5.41, 5.74) is 0. The quantitative estimate of drug-likeness (QED) is 0.0493. The molecule has 0 aromatic rings. The third-order valence-electron chi connectivity index (χ3n) is 7.06. The zero-order chi connectivity index (χ0) is 28.2. The fourth-order valence-corrected chi connectivity index (χ4v) is 5.98. The van der Waals surface area contributed by atoms with E-state index in [0.717, 1.165) is 51.4 Å². The lowest BCUT2D eigenvalue weighted by Gasteiger charge is -2.26. The van der Waals surface area contributed by atoms with E-state index in [-0.39, 0.29) is 26.3 Å². The number of phosphoric acid groups is 1. The minimum atomic E-state index is -3.85. The molecule has 0 saturated heterocycles. The minimum Gasteiger partial charge on any atom is -0.395 e. The summed E-state index contributed by atoms with van der Waals surface area (Å²) in [5, 5.41) is 20.0. The first kappa shape index (κ1) is 38.0. The van der Waals surface area contributed by atoms with Gasteiger partial charge in [-0.25, -0.2) is 4.57 Å². The Morgan fingerprint density at radius 1 is 0.605 bits per heavy atom. The second-order valence-electron chi connectivity index (χ2n) is 10.8. The molecule has 0 saturated carbocycles. The highest BCUT2D eigenvalue weighted by atomic mass is 31.2. The summed E-state index contributed by atoms with van der Waals surface area (Å²) >= 11 is 0. The summed E-state index contributed by atoms with van der Waals surface area (Å²) in [6.07, 6.45) is 24.0. The highest BCUT2D eigenvalue weighted by Gasteiger charge is 2.31. The van der Waals surface area contributed by atoms with Crippen LogP contribution in [-0.2, 0) is 18.2 Å². The molecule has 0 aromatic heterocycles. The van der Waals surface area contributed by atoms with Crippen molar-refractivity contribution in [1.29, 1.82) is 0 Å². The Labute approximate surface area is 236 Å². The second kappa shape index (κ2) is 28.5. The molecule has 7 nitrogen and oxygen atoms in total. The number of aliphatic hydroxyl groups excluding tert-OH is 2. The molecular formula is C30H64NO6P. The van der Waals surface area contributed by atoms with Crippen LogP contribution in [0.25, 0.3) is 0 Å². The van der Waals surface area contributed by atoms with E-state index in [1.807, 2.05) is 0 Å². The van der Waals surface area contributed by atoms with Gasteiger partial charge in [-0.1, -0.05) is 130 Å². The predicted octanol–water partition coefficient (Wildman–Crippen LogP) is 8.82. The van der Waals surface area contributed by atoms with E-state index in [2.05, 4.69) is 20.8 Å². The molecule has 0 aliphatic rings. The molecule has 0 radical (unpaired) electrons. The van der Waals surface area contributed by atoms with Crippen molar-refractivity contribution < 1.29 is 28.5 Å². The van der Waals surface area contributed by atoms with Gasteiger partial charge in [0.05, 0.1) is 26.4 Å². The van der Waals surface area contributed by atoms with Crippen LogP contribution in [0.3, 0.4) is 0 Å². The highest BCUT2D eigenvalue weighted by molar-refractivity contribution is 7.48. The summed E-state index contributed by atoms with van der Waals surface area (Å²) in [7, 11) is -3.85. The monoisotopic (exact) mass is 565 g/mol. The fourth-order valence-electron chi connectivity index (χ4n) is 4.62. The molecule has 0 amide bonds. The van der Waals surface area contributed by atoms with E-state index < -0.39 is 7.82 Å². The number of hydrogen-bond donors (Lipinski definition) is 2. The first-order valence-corrected chi connectivity index (χ1v) is 17.6. The van der Waals surface area contributed by atoms with E-state index in [0.29, 0.717) is 19.1 Å². The van der Waals surface area contributed by atoms with Crippen molar-refractivity contribution in [3.8, 4) is 0 Å². The summed E-state index contributed by atoms with van der Waals surface area (Å²) in [5.74, 6) is 0.322. The standard InChI is InChI=1S/C30H64NO6P/c1-4-7-10-12-14-15-16-17-19-21-28-35-38(34,37-31(24-26-32)25-27-33)36-29-30(22-9-6-3)23-20-18-13-11-8-5-2/h30,32-33H,4-29H2,1-3H3. The molecule has 230 valence electrons.